The molecule has 1 aromatic heterocycles. The molecule has 2 aromatic rings. The molecule has 10 nitrogen and oxygen atoms in total. The Morgan fingerprint density at radius 1 is 1.29 bits per heavy atom. The van der Waals surface area contributed by atoms with E-state index in [1.54, 1.807) is 33.8 Å². The molecular formula is C22H26FIN5O5-. The van der Waals surface area contributed by atoms with Gasteiger partial charge in [0.05, 0.1) is 30.5 Å². The minimum absolute atomic E-state index is 0.0164. The third kappa shape index (κ3) is 5.02. The van der Waals surface area contributed by atoms with E-state index in [1.165, 1.54) is 24.1 Å². The molecule has 0 spiro atoms. The smallest absolute Gasteiger partial charge is 0.276 e. The number of hydrogen-bond acceptors (Lipinski definition) is 7. The molecule has 2 N–H and O–H groups in total. The molecule has 0 unspecified atom stereocenters. The van der Waals surface area contributed by atoms with Crippen LogP contribution in [0.3, 0.4) is 0 Å². The fourth-order valence-electron chi connectivity index (χ4n) is 3.95. The average Bonchev–Trinajstić information content (AvgIpc) is 2.68. The second-order valence-corrected chi connectivity index (χ2v) is 10.6. The first kappa shape index (κ1) is 25.9. The SMILES string of the molecule is C[C@H](N(C(=O)[O-])C(C)(C)C)C1(O)CN(C(=O)c2nn(C)c(=O)cc2Nc2ccc(I)cc2F)C1. The number of hydrogen-bond donors (Lipinski definition) is 2. The van der Waals surface area contributed by atoms with Gasteiger partial charge in [0, 0.05) is 22.2 Å². The lowest BCUT2D eigenvalue weighted by molar-refractivity contribution is -0.280. The van der Waals surface area contributed by atoms with Gasteiger partial charge < -0.3 is 30.1 Å². The van der Waals surface area contributed by atoms with Crippen LogP contribution in [0, 0.1) is 9.39 Å². The van der Waals surface area contributed by atoms with Crippen LogP contribution < -0.4 is 16.0 Å². The highest BCUT2D eigenvalue weighted by Gasteiger charge is 2.51. The predicted molar refractivity (Wildman–Crippen MR) is 129 cm³/mol. The molecule has 3 rings (SSSR count). The number of aliphatic hydroxyl groups is 1. The minimum atomic E-state index is -1.50. The fraction of sp³-hybridized carbons (Fsp3) is 0.455. The number of β-amino-alcohol motifs (C(OH)–C–C–N with tert-alkyl or cyclic N) is 1. The van der Waals surface area contributed by atoms with E-state index in [1.807, 2.05) is 22.6 Å². The van der Waals surface area contributed by atoms with E-state index in [0.29, 0.717) is 3.57 Å². The van der Waals surface area contributed by atoms with Crippen LogP contribution in [0.25, 0.3) is 0 Å². The van der Waals surface area contributed by atoms with E-state index >= 15 is 0 Å². The summed E-state index contributed by atoms with van der Waals surface area (Å²) in [5.74, 6) is -1.17. The van der Waals surface area contributed by atoms with Crippen LogP contribution in [0.1, 0.15) is 38.2 Å². The molecule has 0 aliphatic carbocycles. The highest BCUT2D eigenvalue weighted by molar-refractivity contribution is 14.1. The van der Waals surface area contributed by atoms with Crippen LogP contribution in [-0.2, 0) is 7.05 Å². The number of nitrogens with one attached hydrogen (secondary N) is 1. The molecule has 1 aliphatic rings. The normalized spacial score (nSPS) is 15.9. The van der Waals surface area contributed by atoms with E-state index in [9.17, 15) is 29.0 Å². The van der Waals surface area contributed by atoms with Crippen LogP contribution in [0.4, 0.5) is 20.6 Å². The van der Waals surface area contributed by atoms with Crippen molar-refractivity contribution in [3.63, 3.8) is 0 Å². The van der Waals surface area contributed by atoms with Gasteiger partial charge in [0.15, 0.2) is 5.69 Å². The fourth-order valence-corrected chi connectivity index (χ4v) is 4.41. The average molecular weight is 586 g/mol. The van der Waals surface area contributed by atoms with Crippen LogP contribution in [0.5, 0.6) is 0 Å². The van der Waals surface area contributed by atoms with Crippen molar-refractivity contribution in [2.45, 2.75) is 44.9 Å². The molecular weight excluding hydrogens is 560 g/mol. The van der Waals surface area contributed by atoms with E-state index < -0.39 is 40.6 Å². The maximum Gasteiger partial charge on any atom is 0.276 e. The zero-order valence-electron chi connectivity index (χ0n) is 19.4. The van der Waals surface area contributed by atoms with E-state index in [0.717, 1.165) is 15.6 Å². The van der Waals surface area contributed by atoms with Crippen molar-refractivity contribution < 1.29 is 24.2 Å². The number of halogens is 2. The summed E-state index contributed by atoms with van der Waals surface area (Å²) in [6, 6.07) is 4.73. The van der Waals surface area contributed by atoms with Gasteiger partial charge in [-0.1, -0.05) is 0 Å². The van der Waals surface area contributed by atoms with Crippen molar-refractivity contribution in [1.29, 1.82) is 0 Å². The molecule has 0 saturated carbocycles. The van der Waals surface area contributed by atoms with Crippen molar-refractivity contribution in [1.82, 2.24) is 19.6 Å². The standard InChI is InChI=1S/C22H27FIN5O5/c1-12(29(20(32)33)21(2,3)4)22(34)10-28(11-22)19(31)18-16(9-17(30)27(5)26-18)25-15-7-6-13(24)8-14(15)23/h6-9,12,25,34H,10-11H2,1-5H3,(H,32,33)/p-1/t12-/m0/s1. The lowest BCUT2D eigenvalue weighted by Gasteiger charge is -2.55. The summed E-state index contributed by atoms with van der Waals surface area (Å²) in [4.78, 5) is 39.4. The second-order valence-electron chi connectivity index (χ2n) is 9.37. The first-order chi connectivity index (χ1) is 15.6. The van der Waals surface area contributed by atoms with Crippen molar-refractivity contribution in [3.05, 3.63) is 49.7 Å². The van der Waals surface area contributed by atoms with Gasteiger partial charge in [-0.15, -0.1) is 0 Å². The lowest BCUT2D eigenvalue weighted by Crippen LogP contribution is -2.74. The second kappa shape index (κ2) is 9.13. The first-order valence-corrected chi connectivity index (χ1v) is 11.5. The summed E-state index contributed by atoms with van der Waals surface area (Å²) in [5, 5.41) is 29.5. The number of nitrogens with zero attached hydrogens (tertiary/aromatic N) is 4. The Morgan fingerprint density at radius 2 is 1.91 bits per heavy atom. The van der Waals surface area contributed by atoms with Crippen molar-refractivity contribution >= 4 is 46.0 Å². The number of aromatic nitrogens is 2. The summed E-state index contributed by atoms with van der Waals surface area (Å²) in [5.41, 5.74) is -2.89. The number of aryl methyl sites for hydroxylation is 1. The van der Waals surface area contributed by atoms with Gasteiger partial charge in [-0.2, -0.15) is 5.10 Å². The summed E-state index contributed by atoms with van der Waals surface area (Å²) in [6.07, 6.45) is -1.43. The third-order valence-electron chi connectivity index (χ3n) is 5.80. The molecule has 0 bridgehead atoms. The first-order valence-electron chi connectivity index (χ1n) is 10.5. The number of rotatable bonds is 5. The van der Waals surface area contributed by atoms with Crippen LogP contribution in [0.15, 0.2) is 29.1 Å². The third-order valence-corrected chi connectivity index (χ3v) is 6.47. The van der Waals surface area contributed by atoms with Crippen molar-refractivity contribution in [3.8, 4) is 0 Å². The largest absolute Gasteiger partial charge is 0.530 e. The Labute approximate surface area is 209 Å². The summed E-state index contributed by atoms with van der Waals surface area (Å²) in [6.45, 7) is 6.28. The van der Waals surface area contributed by atoms with Crippen molar-refractivity contribution in [2.24, 2.45) is 7.05 Å². The van der Waals surface area contributed by atoms with Crippen LogP contribution in [0.2, 0.25) is 0 Å². The number of likely N-dealkylation sites (tertiary alicyclic amines) is 1. The quantitative estimate of drug-likeness (QED) is 0.505. The molecule has 0 radical (unpaired) electrons. The molecule has 1 saturated heterocycles. The molecule has 184 valence electrons. The molecule has 1 fully saturated rings. The lowest BCUT2D eigenvalue weighted by atomic mass is 9.84. The van der Waals surface area contributed by atoms with Gasteiger partial charge in [0.1, 0.15) is 17.5 Å². The van der Waals surface area contributed by atoms with Gasteiger partial charge in [-0.05, 0) is 68.5 Å². The van der Waals surface area contributed by atoms with E-state index in [-0.39, 0.29) is 30.2 Å². The topological polar surface area (TPSA) is 131 Å². The summed E-state index contributed by atoms with van der Waals surface area (Å²) < 4.78 is 16.0. The van der Waals surface area contributed by atoms with Gasteiger partial charge in [0.25, 0.3) is 11.5 Å². The highest BCUT2D eigenvalue weighted by Crippen LogP contribution is 2.33. The number of carbonyl (C=O) groups is 2. The Bertz CT molecular complexity index is 1190. The van der Waals surface area contributed by atoms with Gasteiger partial charge in [-0.25, -0.2) is 9.07 Å². The Kier molecular flexibility index (Phi) is 6.95. The van der Waals surface area contributed by atoms with Crippen LogP contribution >= 0.6 is 22.6 Å². The number of amides is 2. The molecule has 1 aliphatic heterocycles. The maximum atomic E-state index is 14.4. The molecule has 1 aromatic carbocycles. The highest BCUT2D eigenvalue weighted by atomic mass is 127. The van der Waals surface area contributed by atoms with Crippen molar-refractivity contribution in [2.75, 3.05) is 18.4 Å². The number of anilines is 2. The monoisotopic (exact) mass is 586 g/mol. The number of carboxylic acid groups (broad SMARTS) is 1. The van der Waals surface area contributed by atoms with Gasteiger partial charge in [0.2, 0.25) is 0 Å². The predicted octanol–water partition coefficient (Wildman–Crippen LogP) is 1.29. The number of benzene rings is 1. The molecule has 2 heterocycles. The van der Waals surface area contributed by atoms with Gasteiger partial charge >= 0.3 is 0 Å². The number of carbonyl (C=O) groups excluding carboxylic acids is 2. The Morgan fingerprint density at radius 3 is 2.44 bits per heavy atom. The molecule has 12 heteroatoms. The van der Waals surface area contributed by atoms with Gasteiger partial charge in [-0.3, -0.25) is 9.59 Å². The van der Waals surface area contributed by atoms with E-state index in [4.69, 9.17) is 0 Å². The maximum absolute atomic E-state index is 14.4. The zero-order valence-corrected chi connectivity index (χ0v) is 21.6. The molecule has 1 atom stereocenters. The van der Waals surface area contributed by atoms with Crippen LogP contribution in [-0.4, -0.2) is 67.0 Å². The minimum Gasteiger partial charge on any atom is -0.530 e. The summed E-state index contributed by atoms with van der Waals surface area (Å²) in [7, 11) is 1.38. The van der Waals surface area contributed by atoms with E-state index in [2.05, 4.69) is 10.4 Å². The zero-order chi connectivity index (χ0) is 25.6. The molecule has 34 heavy (non-hydrogen) atoms. The summed E-state index contributed by atoms with van der Waals surface area (Å²) >= 11 is 1.96. The molecule has 2 amide bonds. The Balaban J connectivity index is 1.86. The Hall–Kier alpha value is -2.74.